The van der Waals surface area contributed by atoms with Crippen LogP contribution in [0.2, 0.25) is 0 Å². The van der Waals surface area contributed by atoms with Crippen molar-refractivity contribution in [1.82, 2.24) is 15.1 Å². The monoisotopic (exact) mass is 301 g/mol. The van der Waals surface area contributed by atoms with Crippen molar-refractivity contribution in [3.63, 3.8) is 0 Å². The minimum absolute atomic E-state index is 0.0865. The van der Waals surface area contributed by atoms with E-state index in [0.717, 1.165) is 16.9 Å². The number of nitrogens with one attached hydrogen (secondary N) is 1. The predicted molar refractivity (Wildman–Crippen MR) is 82.2 cm³/mol. The first-order valence-corrected chi connectivity index (χ1v) is 7.03. The zero-order valence-electron chi connectivity index (χ0n) is 12.8. The van der Waals surface area contributed by atoms with Gasteiger partial charge in [-0.1, -0.05) is 25.1 Å². The van der Waals surface area contributed by atoms with Gasteiger partial charge in [0.25, 0.3) is 5.91 Å². The van der Waals surface area contributed by atoms with Crippen LogP contribution in [0, 0.1) is 19.8 Å². The number of rotatable bonds is 5. The van der Waals surface area contributed by atoms with E-state index in [1.807, 2.05) is 38.1 Å². The maximum absolute atomic E-state index is 12.2. The molecule has 0 aliphatic heterocycles. The molecule has 1 amide bonds. The van der Waals surface area contributed by atoms with Gasteiger partial charge in [0.05, 0.1) is 29.1 Å². The molecule has 0 spiro atoms. The third-order valence-electron chi connectivity index (χ3n) is 3.59. The number of para-hydroxylation sites is 1. The van der Waals surface area contributed by atoms with Crippen LogP contribution in [0.25, 0.3) is 5.69 Å². The first-order chi connectivity index (χ1) is 10.4. The van der Waals surface area contributed by atoms with Crippen LogP contribution in [0.4, 0.5) is 0 Å². The number of aryl methyl sites for hydroxylation is 1. The number of carbonyl (C=O) groups is 2. The minimum atomic E-state index is -0.937. The molecule has 116 valence electrons. The number of hydrogen-bond acceptors (Lipinski definition) is 3. The number of aromatic nitrogens is 2. The smallest absolute Gasteiger partial charge is 0.308 e. The van der Waals surface area contributed by atoms with E-state index in [4.69, 9.17) is 5.11 Å². The van der Waals surface area contributed by atoms with E-state index in [-0.39, 0.29) is 12.5 Å². The summed E-state index contributed by atoms with van der Waals surface area (Å²) >= 11 is 0. The summed E-state index contributed by atoms with van der Waals surface area (Å²) in [4.78, 5) is 22.9. The number of carboxylic acids is 1. The minimum Gasteiger partial charge on any atom is -0.481 e. The van der Waals surface area contributed by atoms with Crippen molar-refractivity contribution in [2.24, 2.45) is 5.92 Å². The molecule has 2 rings (SSSR count). The summed E-state index contributed by atoms with van der Waals surface area (Å²) in [7, 11) is 0. The Kier molecular flexibility index (Phi) is 4.60. The molecule has 2 N–H and O–H groups in total. The van der Waals surface area contributed by atoms with Crippen molar-refractivity contribution in [2.45, 2.75) is 20.8 Å². The number of aliphatic carboxylic acids is 1. The third kappa shape index (κ3) is 3.16. The quantitative estimate of drug-likeness (QED) is 0.884. The van der Waals surface area contributed by atoms with E-state index in [1.165, 1.54) is 6.20 Å². The Morgan fingerprint density at radius 2 is 2.00 bits per heavy atom. The molecule has 0 aliphatic carbocycles. The van der Waals surface area contributed by atoms with Gasteiger partial charge in [0.15, 0.2) is 0 Å². The fourth-order valence-electron chi connectivity index (χ4n) is 2.10. The number of carboxylic acid groups (broad SMARTS) is 1. The Bertz CT molecular complexity index is 706. The second-order valence-corrected chi connectivity index (χ2v) is 5.29. The summed E-state index contributed by atoms with van der Waals surface area (Å²) < 4.78 is 1.71. The molecule has 0 aliphatic rings. The first-order valence-electron chi connectivity index (χ1n) is 7.03. The second kappa shape index (κ2) is 6.43. The third-order valence-corrected chi connectivity index (χ3v) is 3.59. The molecule has 6 heteroatoms. The van der Waals surface area contributed by atoms with Crippen LogP contribution in [-0.2, 0) is 4.79 Å². The molecule has 2 aromatic rings. The summed E-state index contributed by atoms with van der Waals surface area (Å²) in [6.45, 7) is 5.43. The van der Waals surface area contributed by atoms with Crippen molar-refractivity contribution in [3.8, 4) is 5.69 Å². The topological polar surface area (TPSA) is 84.2 Å². The van der Waals surface area contributed by atoms with Gasteiger partial charge in [-0.2, -0.15) is 5.10 Å². The molecular formula is C16H19N3O3. The van der Waals surface area contributed by atoms with Crippen LogP contribution in [0.5, 0.6) is 0 Å². The lowest BCUT2D eigenvalue weighted by atomic mass is 10.1. The van der Waals surface area contributed by atoms with Gasteiger partial charge in [-0.25, -0.2) is 4.68 Å². The molecule has 0 saturated heterocycles. The van der Waals surface area contributed by atoms with E-state index >= 15 is 0 Å². The van der Waals surface area contributed by atoms with Gasteiger partial charge in [-0.15, -0.1) is 0 Å². The number of hydrogen-bond donors (Lipinski definition) is 2. The first kappa shape index (κ1) is 15.8. The van der Waals surface area contributed by atoms with Crippen LogP contribution in [0.3, 0.4) is 0 Å². The molecule has 22 heavy (non-hydrogen) atoms. The van der Waals surface area contributed by atoms with Gasteiger partial charge in [0, 0.05) is 6.54 Å². The van der Waals surface area contributed by atoms with Gasteiger partial charge in [-0.05, 0) is 25.5 Å². The molecule has 1 unspecified atom stereocenters. The highest BCUT2D eigenvalue weighted by atomic mass is 16.4. The van der Waals surface area contributed by atoms with Crippen LogP contribution >= 0.6 is 0 Å². The molecule has 1 atom stereocenters. The highest BCUT2D eigenvalue weighted by Crippen LogP contribution is 2.17. The van der Waals surface area contributed by atoms with E-state index in [2.05, 4.69) is 10.4 Å². The van der Waals surface area contributed by atoms with Crippen molar-refractivity contribution in [2.75, 3.05) is 6.54 Å². The Labute approximate surface area is 128 Å². The normalized spacial score (nSPS) is 12.0. The Morgan fingerprint density at radius 1 is 1.32 bits per heavy atom. The maximum atomic E-state index is 12.2. The highest BCUT2D eigenvalue weighted by molar-refractivity contribution is 5.95. The van der Waals surface area contributed by atoms with E-state index < -0.39 is 11.9 Å². The van der Waals surface area contributed by atoms with Gasteiger partial charge in [-0.3, -0.25) is 9.59 Å². The summed E-state index contributed by atoms with van der Waals surface area (Å²) in [6.07, 6.45) is 1.50. The zero-order valence-corrected chi connectivity index (χ0v) is 12.8. The average Bonchev–Trinajstić information content (AvgIpc) is 2.86. The van der Waals surface area contributed by atoms with Gasteiger partial charge < -0.3 is 10.4 Å². The molecular weight excluding hydrogens is 282 g/mol. The standard InChI is InChI=1S/C16H19N3O3/c1-10-6-4-5-7-14(10)19-12(3)13(9-18-19)15(20)17-8-11(2)16(21)22/h4-7,9,11H,8H2,1-3H3,(H,17,20)(H,21,22). The average molecular weight is 301 g/mol. The van der Waals surface area contributed by atoms with Crippen LogP contribution in [-0.4, -0.2) is 33.3 Å². The maximum Gasteiger partial charge on any atom is 0.308 e. The van der Waals surface area contributed by atoms with Crippen molar-refractivity contribution in [3.05, 3.63) is 47.3 Å². The summed E-state index contributed by atoms with van der Waals surface area (Å²) in [6, 6.07) is 7.77. The molecule has 1 aromatic carbocycles. The van der Waals surface area contributed by atoms with Crippen molar-refractivity contribution in [1.29, 1.82) is 0 Å². The molecule has 0 saturated carbocycles. The molecule has 1 aromatic heterocycles. The van der Waals surface area contributed by atoms with Crippen LogP contribution in [0.1, 0.15) is 28.5 Å². The lowest BCUT2D eigenvalue weighted by Crippen LogP contribution is -2.31. The molecule has 1 heterocycles. The number of carbonyl (C=O) groups excluding carboxylic acids is 1. The molecule has 6 nitrogen and oxygen atoms in total. The number of amides is 1. The van der Waals surface area contributed by atoms with Crippen LogP contribution in [0.15, 0.2) is 30.5 Å². The van der Waals surface area contributed by atoms with Gasteiger partial charge in [0.1, 0.15) is 0 Å². The zero-order chi connectivity index (χ0) is 16.3. The largest absolute Gasteiger partial charge is 0.481 e. The van der Waals surface area contributed by atoms with E-state index in [0.29, 0.717) is 5.56 Å². The molecule has 0 bridgehead atoms. The van der Waals surface area contributed by atoms with Crippen molar-refractivity contribution >= 4 is 11.9 Å². The fourth-order valence-corrected chi connectivity index (χ4v) is 2.10. The summed E-state index contributed by atoms with van der Waals surface area (Å²) in [5, 5.41) is 15.7. The second-order valence-electron chi connectivity index (χ2n) is 5.29. The lowest BCUT2D eigenvalue weighted by molar-refractivity contribution is -0.140. The summed E-state index contributed by atoms with van der Waals surface area (Å²) in [5.41, 5.74) is 3.13. The Morgan fingerprint density at radius 3 is 2.64 bits per heavy atom. The SMILES string of the molecule is Cc1ccccc1-n1ncc(C(=O)NCC(C)C(=O)O)c1C. The highest BCUT2D eigenvalue weighted by Gasteiger charge is 2.18. The Balaban J connectivity index is 2.19. The number of nitrogens with zero attached hydrogens (tertiary/aromatic N) is 2. The Hall–Kier alpha value is -2.63. The van der Waals surface area contributed by atoms with E-state index in [9.17, 15) is 9.59 Å². The van der Waals surface area contributed by atoms with Gasteiger partial charge in [0.2, 0.25) is 0 Å². The molecule has 0 radical (unpaired) electrons. The van der Waals surface area contributed by atoms with Crippen molar-refractivity contribution < 1.29 is 14.7 Å². The van der Waals surface area contributed by atoms with Crippen LogP contribution < -0.4 is 5.32 Å². The fraction of sp³-hybridized carbons (Fsp3) is 0.312. The van der Waals surface area contributed by atoms with Gasteiger partial charge >= 0.3 is 5.97 Å². The predicted octanol–water partition coefficient (Wildman–Crippen LogP) is 1.94. The lowest BCUT2D eigenvalue weighted by Gasteiger charge is -2.10. The summed E-state index contributed by atoms with van der Waals surface area (Å²) in [5.74, 6) is -1.88. The number of benzene rings is 1. The van der Waals surface area contributed by atoms with E-state index in [1.54, 1.807) is 11.6 Å². The molecule has 0 fully saturated rings.